The summed E-state index contributed by atoms with van der Waals surface area (Å²) in [7, 11) is 1.76. The molecule has 132 valence electrons. The second-order valence-electron chi connectivity index (χ2n) is 6.82. The van der Waals surface area contributed by atoms with Gasteiger partial charge in [0, 0.05) is 25.6 Å². The van der Waals surface area contributed by atoms with Gasteiger partial charge in [-0.2, -0.15) is 0 Å². The minimum absolute atomic E-state index is 0.0151. The summed E-state index contributed by atoms with van der Waals surface area (Å²) < 4.78 is 1.55. The van der Waals surface area contributed by atoms with Crippen LogP contribution in [0.4, 0.5) is 0 Å². The second-order valence-corrected chi connectivity index (χ2v) is 6.82. The fraction of sp³-hybridized carbons (Fsp3) is 0.286. The average molecular weight is 346 g/mol. The van der Waals surface area contributed by atoms with Crippen molar-refractivity contribution in [2.45, 2.75) is 25.3 Å². The Morgan fingerprint density at radius 3 is 2.54 bits per heavy atom. The number of nitrogens with zero attached hydrogens (tertiary/aromatic N) is 4. The van der Waals surface area contributed by atoms with E-state index in [1.807, 2.05) is 11.0 Å². The van der Waals surface area contributed by atoms with E-state index >= 15 is 0 Å². The molecule has 2 atom stereocenters. The lowest BCUT2D eigenvalue weighted by atomic mass is 9.83. The first kappa shape index (κ1) is 16.5. The smallest absolute Gasteiger partial charge is 0.274 e. The third-order valence-electron chi connectivity index (χ3n) is 5.34. The highest BCUT2D eigenvalue weighted by molar-refractivity contribution is 5.92. The summed E-state index contributed by atoms with van der Waals surface area (Å²) in [6, 6.07) is 19.0. The molecule has 1 aromatic heterocycles. The second kappa shape index (κ2) is 6.75. The lowest BCUT2D eigenvalue weighted by Crippen LogP contribution is -2.42. The van der Waals surface area contributed by atoms with Crippen LogP contribution < -0.4 is 0 Å². The van der Waals surface area contributed by atoms with Gasteiger partial charge in [0.2, 0.25) is 0 Å². The van der Waals surface area contributed by atoms with Gasteiger partial charge in [-0.25, -0.2) is 4.68 Å². The molecule has 4 rings (SSSR count). The molecule has 0 fully saturated rings. The Hall–Kier alpha value is -2.95. The zero-order valence-electron chi connectivity index (χ0n) is 15.0. The first-order valence-electron chi connectivity index (χ1n) is 8.95. The first-order valence-corrected chi connectivity index (χ1v) is 8.95. The molecule has 0 N–H and O–H groups in total. The standard InChI is InChI=1S/C21H22N4O/c1-15-20(17-9-4-3-5-10-17)18-11-7-6-8-16(18)12-13-25(15)21(26)19-14-22-23-24(19)2/h3-11,14-15,20H,12-13H2,1-2H3/t15-,20+/m1/s1. The van der Waals surface area contributed by atoms with Crippen LogP contribution in [0.25, 0.3) is 0 Å². The number of carbonyl (C=O) groups is 1. The molecule has 0 unspecified atom stereocenters. The predicted octanol–water partition coefficient (Wildman–Crippen LogP) is 3.03. The number of hydrogen-bond donors (Lipinski definition) is 0. The number of fused-ring (bicyclic) bond motifs is 1. The topological polar surface area (TPSA) is 51.0 Å². The van der Waals surface area contributed by atoms with Crippen LogP contribution in [0, 0.1) is 0 Å². The molecular formula is C21H22N4O. The zero-order valence-corrected chi connectivity index (χ0v) is 15.0. The van der Waals surface area contributed by atoms with Crippen molar-refractivity contribution in [3.63, 3.8) is 0 Å². The van der Waals surface area contributed by atoms with E-state index in [1.165, 1.54) is 16.7 Å². The van der Waals surface area contributed by atoms with Crippen LogP contribution in [0.2, 0.25) is 0 Å². The molecule has 0 saturated heterocycles. The number of rotatable bonds is 2. The number of aromatic nitrogens is 3. The van der Waals surface area contributed by atoms with Gasteiger partial charge >= 0.3 is 0 Å². The van der Waals surface area contributed by atoms with Gasteiger partial charge in [-0.1, -0.05) is 59.8 Å². The molecule has 0 bridgehead atoms. The van der Waals surface area contributed by atoms with Crippen molar-refractivity contribution < 1.29 is 4.79 Å². The molecular weight excluding hydrogens is 324 g/mol. The number of hydrogen-bond acceptors (Lipinski definition) is 3. The number of carbonyl (C=O) groups excluding carboxylic acids is 1. The van der Waals surface area contributed by atoms with Gasteiger partial charge in [0.25, 0.3) is 5.91 Å². The van der Waals surface area contributed by atoms with Crippen molar-refractivity contribution in [3.8, 4) is 0 Å². The van der Waals surface area contributed by atoms with Crippen LogP contribution in [0.5, 0.6) is 0 Å². The van der Waals surface area contributed by atoms with Gasteiger partial charge in [-0.05, 0) is 30.0 Å². The van der Waals surface area contributed by atoms with Crippen molar-refractivity contribution in [1.82, 2.24) is 19.9 Å². The van der Waals surface area contributed by atoms with Crippen LogP contribution in [0.3, 0.4) is 0 Å². The van der Waals surface area contributed by atoms with E-state index in [-0.39, 0.29) is 17.9 Å². The maximum Gasteiger partial charge on any atom is 0.274 e. The molecule has 1 aliphatic rings. The molecule has 0 radical (unpaired) electrons. The van der Waals surface area contributed by atoms with Gasteiger partial charge in [-0.15, -0.1) is 5.10 Å². The molecule has 0 aliphatic carbocycles. The fourth-order valence-corrected chi connectivity index (χ4v) is 3.99. The Morgan fingerprint density at radius 2 is 1.81 bits per heavy atom. The van der Waals surface area contributed by atoms with Crippen LogP contribution in [0.1, 0.15) is 40.0 Å². The molecule has 1 amide bonds. The molecule has 26 heavy (non-hydrogen) atoms. The van der Waals surface area contributed by atoms with Gasteiger partial charge in [0.05, 0.1) is 6.20 Å². The van der Waals surface area contributed by atoms with E-state index < -0.39 is 0 Å². The Bertz CT molecular complexity index is 919. The summed E-state index contributed by atoms with van der Waals surface area (Å²) in [6.45, 7) is 2.83. The van der Waals surface area contributed by atoms with Gasteiger partial charge in [-0.3, -0.25) is 4.79 Å². The van der Waals surface area contributed by atoms with Crippen molar-refractivity contribution in [1.29, 1.82) is 0 Å². The minimum Gasteiger partial charge on any atom is -0.333 e. The number of benzene rings is 2. The molecule has 0 saturated carbocycles. The molecule has 3 aromatic rings. The Balaban J connectivity index is 1.79. The number of aryl methyl sites for hydroxylation is 1. The van der Waals surface area contributed by atoms with Crippen LogP contribution in [-0.4, -0.2) is 38.4 Å². The quantitative estimate of drug-likeness (QED) is 0.717. The highest BCUT2D eigenvalue weighted by Gasteiger charge is 2.34. The maximum absolute atomic E-state index is 13.2. The van der Waals surface area contributed by atoms with Gasteiger partial charge < -0.3 is 4.90 Å². The minimum atomic E-state index is -0.0151. The van der Waals surface area contributed by atoms with Crippen molar-refractivity contribution in [2.24, 2.45) is 7.05 Å². The predicted molar refractivity (Wildman–Crippen MR) is 99.9 cm³/mol. The monoisotopic (exact) mass is 346 g/mol. The van der Waals surface area contributed by atoms with E-state index in [0.29, 0.717) is 12.2 Å². The third kappa shape index (κ3) is 2.79. The lowest BCUT2D eigenvalue weighted by Gasteiger charge is -2.33. The average Bonchev–Trinajstić information content (AvgIpc) is 3.03. The van der Waals surface area contributed by atoms with Crippen molar-refractivity contribution in [3.05, 3.63) is 83.2 Å². The summed E-state index contributed by atoms with van der Waals surface area (Å²) in [5, 5.41) is 7.79. The summed E-state index contributed by atoms with van der Waals surface area (Å²) >= 11 is 0. The molecule has 5 nitrogen and oxygen atoms in total. The van der Waals surface area contributed by atoms with Crippen LogP contribution in [0.15, 0.2) is 60.8 Å². The highest BCUT2D eigenvalue weighted by atomic mass is 16.2. The van der Waals surface area contributed by atoms with E-state index in [4.69, 9.17) is 0 Å². The van der Waals surface area contributed by atoms with Gasteiger partial charge in [0.15, 0.2) is 0 Å². The SMILES string of the molecule is C[C@@H]1[C@@H](c2ccccc2)c2ccccc2CCN1C(=O)c1cnnn1C. The van der Waals surface area contributed by atoms with Crippen molar-refractivity contribution >= 4 is 5.91 Å². The Morgan fingerprint density at radius 1 is 1.08 bits per heavy atom. The van der Waals surface area contributed by atoms with E-state index in [9.17, 15) is 4.79 Å². The van der Waals surface area contributed by atoms with Crippen LogP contribution >= 0.6 is 0 Å². The maximum atomic E-state index is 13.2. The molecule has 1 aliphatic heterocycles. The normalized spacial score (nSPS) is 19.7. The van der Waals surface area contributed by atoms with Crippen molar-refractivity contribution in [2.75, 3.05) is 6.54 Å². The number of amides is 1. The van der Waals surface area contributed by atoms with Crippen LogP contribution in [-0.2, 0) is 13.5 Å². The van der Waals surface area contributed by atoms with Gasteiger partial charge in [0.1, 0.15) is 5.69 Å². The Kier molecular flexibility index (Phi) is 4.29. The largest absolute Gasteiger partial charge is 0.333 e. The molecule has 2 heterocycles. The fourth-order valence-electron chi connectivity index (χ4n) is 3.99. The first-order chi connectivity index (χ1) is 12.7. The summed E-state index contributed by atoms with van der Waals surface area (Å²) in [5.41, 5.74) is 4.38. The highest BCUT2D eigenvalue weighted by Crippen LogP contribution is 2.36. The summed E-state index contributed by atoms with van der Waals surface area (Å²) in [4.78, 5) is 15.2. The third-order valence-corrected chi connectivity index (χ3v) is 5.34. The molecule has 2 aromatic carbocycles. The molecule has 0 spiro atoms. The zero-order chi connectivity index (χ0) is 18.1. The lowest BCUT2D eigenvalue weighted by molar-refractivity contribution is 0.0676. The summed E-state index contributed by atoms with van der Waals surface area (Å²) in [6.07, 6.45) is 2.39. The Labute approximate surface area is 153 Å². The summed E-state index contributed by atoms with van der Waals surface area (Å²) in [5.74, 6) is 0.124. The van der Waals surface area contributed by atoms with E-state index in [1.54, 1.807) is 17.9 Å². The molecule has 5 heteroatoms. The van der Waals surface area contributed by atoms with E-state index in [2.05, 4.69) is 65.8 Å². The van der Waals surface area contributed by atoms with E-state index in [0.717, 1.165) is 6.42 Å².